The first-order valence-corrected chi connectivity index (χ1v) is 9.24. The highest BCUT2D eigenvalue weighted by Crippen LogP contribution is 2.27. The van der Waals surface area contributed by atoms with Crippen molar-refractivity contribution in [2.24, 2.45) is 0 Å². The van der Waals surface area contributed by atoms with Crippen LogP contribution in [0.2, 0.25) is 0 Å². The van der Waals surface area contributed by atoms with Gasteiger partial charge in [-0.2, -0.15) is 0 Å². The zero-order valence-corrected chi connectivity index (χ0v) is 15.8. The van der Waals surface area contributed by atoms with Crippen LogP contribution in [0, 0.1) is 5.82 Å². The van der Waals surface area contributed by atoms with Gasteiger partial charge < -0.3 is 21.1 Å². The van der Waals surface area contributed by atoms with Crippen LogP contribution in [0.1, 0.15) is 25.3 Å². The van der Waals surface area contributed by atoms with Gasteiger partial charge >= 0.3 is 0 Å². The number of anilines is 4. The molecule has 0 amide bonds. The molecule has 0 bridgehead atoms. The molecule has 4 N–H and O–H groups in total. The van der Waals surface area contributed by atoms with Gasteiger partial charge in [-0.25, -0.2) is 14.4 Å². The second-order valence-corrected chi connectivity index (χ2v) is 6.32. The maximum atomic E-state index is 13.0. The number of nitrogens with one attached hydrogen (secondary N) is 2. The Morgan fingerprint density at radius 2 is 1.71 bits per heavy atom. The number of nitrogens with two attached hydrogens (primary N) is 1. The van der Waals surface area contributed by atoms with Crippen LogP contribution in [-0.2, 0) is 6.54 Å². The van der Waals surface area contributed by atoms with Crippen LogP contribution < -0.4 is 21.1 Å². The molecule has 3 aromatic rings. The Hall–Kier alpha value is -3.35. The zero-order chi connectivity index (χ0) is 19.8. The number of aromatic nitrogens is 2. The SMILES string of the molecule is CCCCOc1ccc(Nc2ncnc(NCc3ccc(F)cc3)c2N)cc1. The molecule has 7 heteroatoms. The lowest BCUT2D eigenvalue weighted by Crippen LogP contribution is -2.08. The quantitative estimate of drug-likeness (QED) is 0.465. The fourth-order valence-corrected chi connectivity index (χ4v) is 2.53. The van der Waals surface area contributed by atoms with Crippen molar-refractivity contribution in [1.29, 1.82) is 0 Å². The van der Waals surface area contributed by atoms with Crippen LogP contribution in [0.3, 0.4) is 0 Å². The van der Waals surface area contributed by atoms with Gasteiger partial charge in [-0.1, -0.05) is 25.5 Å². The highest BCUT2D eigenvalue weighted by Gasteiger charge is 2.08. The van der Waals surface area contributed by atoms with Crippen LogP contribution >= 0.6 is 0 Å². The molecule has 0 atom stereocenters. The van der Waals surface area contributed by atoms with E-state index in [1.54, 1.807) is 12.1 Å². The smallest absolute Gasteiger partial charge is 0.159 e. The standard InChI is InChI=1S/C21H24FN5O/c1-2-3-12-28-18-10-8-17(9-11-18)27-21-19(23)20(25-14-26-21)24-13-15-4-6-16(22)7-5-15/h4-11,14H,2-3,12-13,23H2,1H3,(H2,24,25,26,27). The highest BCUT2D eigenvalue weighted by atomic mass is 19.1. The number of unbranched alkanes of at least 4 members (excludes halogenated alkanes) is 1. The van der Waals surface area contributed by atoms with Crippen molar-refractivity contribution < 1.29 is 9.13 Å². The van der Waals surface area contributed by atoms with Crippen molar-refractivity contribution in [3.8, 4) is 5.75 Å². The van der Waals surface area contributed by atoms with E-state index in [1.807, 2.05) is 24.3 Å². The molecule has 0 spiro atoms. The van der Waals surface area contributed by atoms with E-state index in [-0.39, 0.29) is 5.82 Å². The molecule has 0 aliphatic heterocycles. The Labute approximate surface area is 164 Å². The topological polar surface area (TPSA) is 85.1 Å². The van der Waals surface area contributed by atoms with Crippen LogP contribution in [0.25, 0.3) is 0 Å². The summed E-state index contributed by atoms with van der Waals surface area (Å²) in [7, 11) is 0. The third kappa shape index (κ3) is 5.33. The molecule has 0 fully saturated rings. The largest absolute Gasteiger partial charge is 0.494 e. The minimum absolute atomic E-state index is 0.265. The first-order valence-electron chi connectivity index (χ1n) is 9.24. The number of nitrogens with zero attached hydrogens (tertiary/aromatic N) is 2. The van der Waals surface area contributed by atoms with Gasteiger partial charge in [-0.3, -0.25) is 0 Å². The minimum Gasteiger partial charge on any atom is -0.494 e. The van der Waals surface area contributed by atoms with Gasteiger partial charge in [0.15, 0.2) is 11.6 Å². The Balaban J connectivity index is 1.63. The van der Waals surface area contributed by atoms with E-state index < -0.39 is 0 Å². The lowest BCUT2D eigenvalue weighted by atomic mass is 10.2. The first-order chi connectivity index (χ1) is 13.7. The van der Waals surface area contributed by atoms with Gasteiger partial charge in [0.1, 0.15) is 23.6 Å². The van der Waals surface area contributed by atoms with Crippen molar-refractivity contribution in [2.45, 2.75) is 26.3 Å². The first kappa shape index (κ1) is 19.4. The summed E-state index contributed by atoms with van der Waals surface area (Å²) in [5, 5.41) is 6.35. The van der Waals surface area contributed by atoms with E-state index in [2.05, 4.69) is 27.5 Å². The second kappa shape index (κ2) is 9.55. The number of nitrogen functional groups attached to an aromatic ring is 1. The number of hydrogen-bond donors (Lipinski definition) is 3. The predicted octanol–water partition coefficient (Wildman–Crippen LogP) is 4.73. The summed E-state index contributed by atoms with van der Waals surface area (Å²) < 4.78 is 18.7. The van der Waals surface area contributed by atoms with E-state index >= 15 is 0 Å². The van der Waals surface area contributed by atoms with Gasteiger partial charge in [0, 0.05) is 12.2 Å². The molecule has 0 aliphatic rings. The van der Waals surface area contributed by atoms with Crippen LogP contribution in [0.15, 0.2) is 54.9 Å². The van der Waals surface area contributed by atoms with Gasteiger partial charge in [0.25, 0.3) is 0 Å². The molecule has 0 saturated heterocycles. The monoisotopic (exact) mass is 381 g/mol. The van der Waals surface area contributed by atoms with Crippen LogP contribution in [0.5, 0.6) is 5.75 Å². The highest BCUT2D eigenvalue weighted by molar-refractivity contribution is 5.77. The van der Waals surface area contributed by atoms with Crippen molar-refractivity contribution in [1.82, 2.24) is 9.97 Å². The maximum Gasteiger partial charge on any atom is 0.159 e. The van der Waals surface area contributed by atoms with Gasteiger partial charge in [0.2, 0.25) is 0 Å². The molecular weight excluding hydrogens is 357 g/mol. The molecule has 146 valence electrons. The van der Waals surface area contributed by atoms with Crippen LogP contribution in [0.4, 0.5) is 27.4 Å². The molecule has 0 aliphatic carbocycles. The molecule has 2 aromatic carbocycles. The predicted molar refractivity (Wildman–Crippen MR) is 110 cm³/mol. The Morgan fingerprint density at radius 3 is 2.43 bits per heavy atom. The molecule has 28 heavy (non-hydrogen) atoms. The molecule has 0 unspecified atom stereocenters. The fraction of sp³-hybridized carbons (Fsp3) is 0.238. The van der Waals surface area contributed by atoms with Gasteiger partial charge in [-0.15, -0.1) is 0 Å². The Bertz CT molecular complexity index is 884. The lowest BCUT2D eigenvalue weighted by molar-refractivity contribution is 0.309. The van der Waals surface area contributed by atoms with Crippen LogP contribution in [-0.4, -0.2) is 16.6 Å². The molecule has 0 saturated carbocycles. The average Bonchev–Trinajstić information content (AvgIpc) is 2.71. The lowest BCUT2D eigenvalue weighted by Gasteiger charge is -2.13. The minimum atomic E-state index is -0.265. The third-order valence-electron chi connectivity index (χ3n) is 4.14. The maximum absolute atomic E-state index is 13.0. The fourth-order valence-electron chi connectivity index (χ4n) is 2.53. The van der Waals surface area contributed by atoms with E-state index in [0.29, 0.717) is 30.5 Å². The summed E-state index contributed by atoms with van der Waals surface area (Å²) in [5.41, 5.74) is 8.37. The van der Waals surface area contributed by atoms with E-state index in [0.717, 1.165) is 29.8 Å². The number of benzene rings is 2. The summed E-state index contributed by atoms with van der Waals surface area (Å²) in [5.74, 6) is 1.59. The molecular formula is C21H24FN5O. The van der Waals surface area contributed by atoms with Crippen molar-refractivity contribution in [2.75, 3.05) is 23.0 Å². The van der Waals surface area contributed by atoms with E-state index in [1.165, 1.54) is 18.5 Å². The number of halogens is 1. The second-order valence-electron chi connectivity index (χ2n) is 6.32. The third-order valence-corrected chi connectivity index (χ3v) is 4.14. The zero-order valence-electron chi connectivity index (χ0n) is 15.8. The summed E-state index contributed by atoms with van der Waals surface area (Å²) in [6, 6.07) is 13.9. The molecule has 3 rings (SSSR count). The van der Waals surface area contributed by atoms with E-state index in [9.17, 15) is 4.39 Å². The molecule has 1 aromatic heterocycles. The summed E-state index contributed by atoms with van der Waals surface area (Å²) in [4.78, 5) is 8.40. The van der Waals surface area contributed by atoms with Crippen molar-refractivity contribution >= 4 is 23.0 Å². The number of hydrogen-bond acceptors (Lipinski definition) is 6. The van der Waals surface area contributed by atoms with Crippen molar-refractivity contribution in [3.63, 3.8) is 0 Å². The summed E-state index contributed by atoms with van der Waals surface area (Å²) in [6.07, 6.45) is 3.57. The average molecular weight is 381 g/mol. The number of rotatable bonds is 9. The number of ether oxygens (including phenoxy) is 1. The molecule has 1 heterocycles. The molecule has 6 nitrogen and oxygen atoms in total. The molecule has 0 radical (unpaired) electrons. The Morgan fingerprint density at radius 1 is 1.00 bits per heavy atom. The summed E-state index contributed by atoms with van der Waals surface area (Å²) >= 11 is 0. The van der Waals surface area contributed by atoms with Gasteiger partial charge in [-0.05, 0) is 48.4 Å². The normalized spacial score (nSPS) is 10.5. The van der Waals surface area contributed by atoms with Gasteiger partial charge in [0.05, 0.1) is 6.61 Å². The Kier molecular flexibility index (Phi) is 6.62. The van der Waals surface area contributed by atoms with E-state index in [4.69, 9.17) is 10.5 Å². The summed E-state index contributed by atoms with van der Waals surface area (Å²) in [6.45, 7) is 3.32. The van der Waals surface area contributed by atoms with Crippen molar-refractivity contribution in [3.05, 3.63) is 66.2 Å².